The number of hydrogen-bond acceptors (Lipinski definition) is 5. The molecule has 0 spiro atoms. The summed E-state index contributed by atoms with van der Waals surface area (Å²) in [4.78, 5) is 43.2. The molecule has 1 saturated heterocycles. The lowest BCUT2D eigenvalue weighted by Gasteiger charge is -2.28. The van der Waals surface area contributed by atoms with Crippen LogP contribution in [0.15, 0.2) is 36.8 Å². The fourth-order valence-electron chi connectivity index (χ4n) is 3.50. The van der Waals surface area contributed by atoms with Crippen LogP contribution >= 0.6 is 0 Å². The molecule has 1 unspecified atom stereocenters. The Morgan fingerprint density at radius 1 is 1.25 bits per heavy atom. The van der Waals surface area contributed by atoms with Crippen LogP contribution in [-0.4, -0.2) is 73.1 Å². The van der Waals surface area contributed by atoms with Gasteiger partial charge in [0.25, 0.3) is 5.91 Å². The second-order valence-corrected chi connectivity index (χ2v) is 6.77. The van der Waals surface area contributed by atoms with E-state index in [1.165, 1.54) is 11.8 Å². The molecule has 3 heterocycles. The number of carboxylic acid groups (broad SMARTS) is 1. The van der Waals surface area contributed by atoms with Crippen molar-refractivity contribution >= 4 is 17.8 Å². The van der Waals surface area contributed by atoms with Crippen molar-refractivity contribution < 1.29 is 19.5 Å². The summed E-state index contributed by atoms with van der Waals surface area (Å²) < 4.78 is 1.59. The molecular weight excluding hydrogens is 362 g/mol. The number of likely N-dealkylation sites (tertiary alicyclic amines) is 1. The Bertz CT molecular complexity index is 852. The van der Waals surface area contributed by atoms with Gasteiger partial charge in [0.2, 0.25) is 5.91 Å². The number of nitrogens with zero attached hydrogens (tertiary/aromatic N) is 5. The Kier molecular flexibility index (Phi) is 6.03. The average Bonchev–Trinajstić information content (AvgIpc) is 3.11. The minimum atomic E-state index is -1.03. The Hall–Kier alpha value is -3.23. The van der Waals surface area contributed by atoms with Gasteiger partial charge in [-0.15, -0.1) is 0 Å². The fraction of sp³-hybridized carbons (Fsp3) is 0.421. The van der Waals surface area contributed by atoms with Crippen molar-refractivity contribution in [1.29, 1.82) is 0 Å². The highest BCUT2D eigenvalue weighted by Crippen LogP contribution is 2.19. The lowest BCUT2D eigenvalue weighted by molar-refractivity contribution is -0.145. The van der Waals surface area contributed by atoms with Crippen LogP contribution in [0.1, 0.15) is 36.5 Å². The van der Waals surface area contributed by atoms with Crippen LogP contribution in [0.25, 0.3) is 5.82 Å². The van der Waals surface area contributed by atoms with Gasteiger partial charge in [-0.2, -0.15) is 5.10 Å². The highest BCUT2D eigenvalue weighted by molar-refractivity contribution is 5.94. The first-order chi connectivity index (χ1) is 13.5. The molecular formula is C19H23N5O4. The third-order valence-electron chi connectivity index (χ3n) is 4.87. The van der Waals surface area contributed by atoms with E-state index in [0.717, 1.165) is 0 Å². The monoisotopic (exact) mass is 385 g/mol. The second kappa shape index (κ2) is 8.64. The number of rotatable bonds is 5. The lowest BCUT2D eigenvalue weighted by Crippen LogP contribution is -2.43. The topological polar surface area (TPSA) is 109 Å². The molecule has 0 bridgehead atoms. The Labute approximate surface area is 162 Å². The first-order valence-corrected chi connectivity index (χ1v) is 9.20. The van der Waals surface area contributed by atoms with E-state index in [4.69, 9.17) is 5.11 Å². The molecule has 148 valence electrons. The molecule has 2 aromatic rings. The van der Waals surface area contributed by atoms with Gasteiger partial charge >= 0.3 is 5.97 Å². The molecule has 0 radical (unpaired) electrons. The zero-order valence-corrected chi connectivity index (χ0v) is 15.7. The van der Waals surface area contributed by atoms with E-state index in [1.54, 1.807) is 46.4 Å². The summed E-state index contributed by atoms with van der Waals surface area (Å²) >= 11 is 0. The van der Waals surface area contributed by atoms with E-state index in [1.807, 2.05) is 0 Å². The second-order valence-electron chi connectivity index (χ2n) is 6.77. The number of aliphatic carboxylic acids is 1. The summed E-state index contributed by atoms with van der Waals surface area (Å²) in [7, 11) is 0. The number of carbonyl (C=O) groups is 3. The first-order valence-electron chi connectivity index (χ1n) is 9.20. The van der Waals surface area contributed by atoms with E-state index >= 15 is 0 Å². The van der Waals surface area contributed by atoms with Crippen molar-refractivity contribution in [2.45, 2.75) is 32.2 Å². The molecule has 3 rings (SSSR count). The zero-order chi connectivity index (χ0) is 20.1. The maximum absolute atomic E-state index is 13.0. The molecule has 1 N–H and O–H groups in total. The number of carboxylic acids is 1. The van der Waals surface area contributed by atoms with Crippen LogP contribution in [0, 0.1) is 0 Å². The van der Waals surface area contributed by atoms with Crippen LogP contribution in [-0.2, 0) is 9.59 Å². The van der Waals surface area contributed by atoms with Gasteiger partial charge in [-0.25, -0.2) is 9.67 Å². The van der Waals surface area contributed by atoms with Crippen LogP contribution in [0.3, 0.4) is 0 Å². The Morgan fingerprint density at radius 2 is 2.07 bits per heavy atom. The highest BCUT2D eigenvalue weighted by atomic mass is 16.4. The number of carbonyl (C=O) groups excluding carboxylic acids is 2. The van der Waals surface area contributed by atoms with Crippen molar-refractivity contribution in [2.24, 2.45) is 0 Å². The summed E-state index contributed by atoms with van der Waals surface area (Å²) in [6.07, 6.45) is 6.91. The normalized spacial score (nSPS) is 17.0. The number of hydrogen-bond donors (Lipinski definition) is 1. The summed E-state index contributed by atoms with van der Waals surface area (Å²) in [6, 6.07) is 4.97. The largest absolute Gasteiger partial charge is 0.480 e. The molecule has 0 aliphatic carbocycles. The van der Waals surface area contributed by atoms with Gasteiger partial charge in [-0.05, 0) is 37.5 Å². The van der Waals surface area contributed by atoms with Gasteiger partial charge in [0.15, 0.2) is 5.82 Å². The van der Waals surface area contributed by atoms with Crippen molar-refractivity contribution in [3.05, 3.63) is 42.4 Å². The maximum atomic E-state index is 13.0. The molecule has 9 heteroatoms. The predicted octanol–water partition coefficient (Wildman–Crippen LogP) is 1.20. The lowest BCUT2D eigenvalue weighted by atomic mass is 10.1. The van der Waals surface area contributed by atoms with Crippen LogP contribution < -0.4 is 0 Å². The standard InChI is InChI=1S/C19H23N5O4/c1-14(25)23(13-18(26)27)16-4-2-9-22(11-6-16)19(28)15-5-8-20-17(12-15)24-10-3-7-21-24/h3,5,7-8,10,12,16H,2,4,6,9,11,13H2,1H3,(H,26,27). The Morgan fingerprint density at radius 3 is 2.75 bits per heavy atom. The van der Waals surface area contributed by atoms with Crippen LogP contribution in [0.4, 0.5) is 0 Å². The number of pyridine rings is 1. The molecule has 1 fully saturated rings. The zero-order valence-electron chi connectivity index (χ0n) is 15.7. The third kappa shape index (κ3) is 4.54. The molecule has 2 aromatic heterocycles. The number of amides is 2. The summed E-state index contributed by atoms with van der Waals surface area (Å²) in [5, 5.41) is 13.2. The van der Waals surface area contributed by atoms with Crippen LogP contribution in [0.2, 0.25) is 0 Å². The third-order valence-corrected chi connectivity index (χ3v) is 4.87. The van der Waals surface area contributed by atoms with Gasteiger partial charge in [0, 0.05) is 50.2 Å². The first kappa shape index (κ1) is 19.5. The van der Waals surface area contributed by atoms with E-state index in [2.05, 4.69) is 10.1 Å². The van der Waals surface area contributed by atoms with Crippen molar-refractivity contribution in [3.63, 3.8) is 0 Å². The minimum absolute atomic E-state index is 0.107. The fourth-order valence-corrected chi connectivity index (χ4v) is 3.50. The highest BCUT2D eigenvalue weighted by Gasteiger charge is 2.28. The molecule has 9 nitrogen and oxygen atoms in total. The molecule has 0 saturated carbocycles. The van der Waals surface area contributed by atoms with E-state index in [9.17, 15) is 14.4 Å². The van der Waals surface area contributed by atoms with Gasteiger partial charge in [0.05, 0.1) is 0 Å². The molecule has 0 aromatic carbocycles. The average molecular weight is 385 g/mol. The van der Waals surface area contributed by atoms with Crippen LogP contribution in [0.5, 0.6) is 0 Å². The van der Waals surface area contributed by atoms with E-state index in [0.29, 0.717) is 43.7 Å². The number of aromatic nitrogens is 3. The Balaban J connectivity index is 1.70. The summed E-state index contributed by atoms with van der Waals surface area (Å²) in [5.74, 6) is -0.836. The SMILES string of the molecule is CC(=O)N(CC(=O)O)C1CCCN(C(=O)c2ccnc(-n3cccn3)c2)CC1. The van der Waals surface area contributed by atoms with Gasteiger partial charge in [-0.3, -0.25) is 14.4 Å². The quantitative estimate of drug-likeness (QED) is 0.828. The van der Waals surface area contributed by atoms with Crippen molar-refractivity contribution in [3.8, 4) is 5.82 Å². The molecule has 1 aliphatic heterocycles. The predicted molar refractivity (Wildman–Crippen MR) is 99.9 cm³/mol. The maximum Gasteiger partial charge on any atom is 0.323 e. The van der Waals surface area contributed by atoms with Gasteiger partial charge < -0.3 is 14.9 Å². The van der Waals surface area contributed by atoms with Crippen molar-refractivity contribution in [1.82, 2.24) is 24.6 Å². The van der Waals surface area contributed by atoms with Crippen molar-refractivity contribution in [2.75, 3.05) is 19.6 Å². The van der Waals surface area contributed by atoms with Gasteiger partial charge in [-0.1, -0.05) is 0 Å². The van der Waals surface area contributed by atoms with E-state index in [-0.39, 0.29) is 24.4 Å². The van der Waals surface area contributed by atoms with Gasteiger partial charge in [0.1, 0.15) is 6.54 Å². The minimum Gasteiger partial charge on any atom is -0.480 e. The summed E-state index contributed by atoms with van der Waals surface area (Å²) in [5.41, 5.74) is 0.521. The molecule has 28 heavy (non-hydrogen) atoms. The molecule has 1 aliphatic rings. The van der Waals surface area contributed by atoms with E-state index < -0.39 is 5.97 Å². The molecule has 2 amide bonds. The summed E-state index contributed by atoms with van der Waals surface area (Å²) in [6.45, 7) is 2.09. The smallest absolute Gasteiger partial charge is 0.323 e. The molecule has 1 atom stereocenters.